The topological polar surface area (TPSA) is 21.7 Å². The van der Waals surface area contributed by atoms with Gasteiger partial charge in [-0.3, -0.25) is 0 Å². The summed E-state index contributed by atoms with van der Waals surface area (Å²) < 4.78 is 11.8. The summed E-state index contributed by atoms with van der Waals surface area (Å²) in [7, 11) is 0. The van der Waals surface area contributed by atoms with Crippen LogP contribution in [0.4, 0.5) is 0 Å². The van der Waals surface area contributed by atoms with Crippen molar-refractivity contribution in [1.29, 1.82) is 0 Å². The van der Waals surface area contributed by atoms with Gasteiger partial charge < -0.3 is 14.4 Å². The smallest absolute Gasteiger partial charge is 0.0597 e. The van der Waals surface area contributed by atoms with Crippen molar-refractivity contribution < 1.29 is 9.47 Å². The van der Waals surface area contributed by atoms with E-state index < -0.39 is 0 Å². The van der Waals surface area contributed by atoms with Crippen LogP contribution in [0, 0.1) is 17.3 Å². The van der Waals surface area contributed by atoms with E-state index in [-0.39, 0.29) is 12.4 Å². The lowest BCUT2D eigenvalue weighted by molar-refractivity contribution is -0.0238. The third-order valence-electron chi connectivity index (χ3n) is 8.13. The molecule has 27 heavy (non-hydrogen) atoms. The molecular formula is C23H42ClNO2. The molecule has 1 spiro atoms. The summed E-state index contributed by atoms with van der Waals surface area (Å²) in [5.41, 5.74) is 0.696. The zero-order valence-electron chi connectivity index (χ0n) is 17.3. The van der Waals surface area contributed by atoms with Gasteiger partial charge in [0.05, 0.1) is 12.7 Å². The molecule has 3 nitrogen and oxygen atoms in total. The zero-order chi connectivity index (χ0) is 17.7. The van der Waals surface area contributed by atoms with Gasteiger partial charge in [0.25, 0.3) is 0 Å². The summed E-state index contributed by atoms with van der Waals surface area (Å²) in [6.07, 6.45) is 19.0. The molecule has 0 aromatic heterocycles. The van der Waals surface area contributed by atoms with Crippen LogP contribution in [0.1, 0.15) is 83.5 Å². The largest absolute Gasteiger partial charge is 0.381 e. The summed E-state index contributed by atoms with van der Waals surface area (Å²) in [5, 5.41) is 0. The van der Waals surface area contributed by atoms with Crippen LogP contribution in [0.5, 0.6) is 0 Å². The molecule has 0 amide bonds. The van der Waals surface area contributed by atoms with Crippen molar-refractivity contribution in [1.82, 2.24) is 4.90 Å². The maximum Gasteiger partial charge on any atom is 0.0597 e. The summed E-state index contributed by atoms with van der Waals surface area (Å²) in [4.78, 5) is 2.57. The van der Waals surface area contributed by atoms with E-state index in [2.05, 4.69) is 4.90 Å². The Balaban J connectivity index is 0.00000210. The van der Waals surface area contributed by atoms with Crippen molar-refractivity contribution in [2.75, 3.05) is 39.5 Å². The molecule has 0 N–H and O–H groups in total. The van der Waals surface area contributed by atoms with Crippen LogP contribution in [0.15, 0.2) is 0 Å². The zero-order valence-corrected chi connectivity index (χ0v) is 18.2. The Morgan fingerprint density at radius 3 is 2.19 bits per heavy atom. The monoisotopic (exact) mass is 399 g/mol. The van der Waals surface area contributed by atoms with E-state index in [9.17, 15) is 0 Å². The molecule has 2 saturated heterocycles. The van der Waals surface area contributed by atoms with Crippen LogP contribution in [-0.2, 0) is 9.47 Å². The van der Waals surface area contributed by atoms with Crippen molar-refractivity contribution >= 4 is 12.4 Å². The minimum Gasteiger partial charge on any atom is -0.381 e. The summed E-state index contributed by atoms with van der Waals surface area (Å²) in [6, 6.07) is 0. The van der Waals surface area contributed by atoms with Gasteiger partial charge >= 0.3 is 0 Å². The molecule has 4 heteroatoms. The average molecular weight is 400 g/mol. The van der Waals surface area contributed by atoms with Crippen LogP contribution in [-0.4, -0.2) is 50.5 Å². The highest BCUT2D eigenvalue weighted by Crippen LogP contribution is 2.50. The van der Waals surface area contributed by atoms with Gasteiger partial charge in [-0.25, -0.2) is 0 Å². The van der Waals surface area contributed by atoms with Gasteiger partial charge in [-0.05, 0) is 107 Å². The molecule has 158 valence electrons. The molecule has 2 aliphatic heterocycles. The highest BCUT2D eigenvalue weighted by atomic mass is 35.5. The molecule has 4 rings (SSSR count). The lowest BCUT2D eigenvalue weighted by Crippen LogP contribution is -2.35. The lowest BCUT2D eigenvalue weighted by Gasteiger charge is -2.45. The first kappa shape index (κ1) is 21.9. The van der Waals surface area contributed by atoms with Crippen LogP contribution < -0.4 is 0 Å². The number of likely N-dealkylation sites (tertiary alicyclic amines) is 1. The Hall–Kier alpha value is 0.170. The second-order valence-electron chi connectivity index (χ2n) is 9.87. The van der Waals surface area contributed by atoms with E-state index in [1.807, 2.05) is 0 Å². The molecule has 0 aromatic carbocycles. The lowest BCUT2D eigenvalue weighted by atomic mass is 9.62. The first-order valence-corrected chi connectivity index (χ1v) is 11.7. The molecule has 2 aliphatic carbocycles. The number of rotatable bonds is 7. The normalized spacial score (nSPS) is 37.6. The Labute approximate surface area is 173 Å². The molecule has 2 heterocycles. The molecule has 4 fully saturated rings. The molecule has 0 radical (unpaired) electrons. The minimum absolute atomic E-state index is 0. The highest BCUT2D eigenvalue weighted by Gasteiger charge is 2.38. The molecule has 0 unspecified atom stereocenters. The van der Waals surface area contributed by atoms with Crippen molar-refractivity contribution in [3.63, 3.8) is 0 Å². The number of hydrogen-bond acceptors (Lipinski definition) is 3. The number of hydrogen-bond donors (Lipinski definition) is 0. The third kappa shape index (κ3) is 6.32. The minimum atomic E-state index is 0. The van der Waals surface area contributed by atoms with Crippen LogP contribution in [0.25, 0.3) is 0 Å². The highest BCUT2D eigenvalue weighted by molar-refractivity contribution is 5.85. The first-order chi connectivity index (χ1) is 12.8. The molecule has 0 aromatic rings. The molecular weight excluding hydrogens is 358 g/mol. The molecule has 1 atom stereocenters. The van der Waals surface area contributed by atoms with Crippen LogP contribution >= 0.6 is 12.4 Å². The van der Waals surface area contributed by atoms with Gasteiger partial charge in [-0.15, -0.1) is 12.4 Å². The van der Waals surface area contributed by atoms with Gasteiger partial charge in [0.15, 0.2) is 0 Å². The summed E-state index contributed by atoms with van der Waals surface area (Å²) >= 11 is 0. The van der Waals surface area contributed by atoms with E-state index >= 15 is 0 Å². The molecule has 2 saturated carbocycles. The van der Waals surface area contributed by atoms with Crippen molar-refractivity contribution in [2.24, 2.45) is 17.3 Å². The Bertz CT molecular complexity index is 403. The molecule has 4 aliphatic rings. The van der Waals surface area contributed by atoms with E-state index in [1.54, 1.807) is 0 Å². The first-order valence-electron chi connectivity index (χ1n) is 11.7. The van der Waals surface area contributed by atoms with Gasteiger partial charge in [-0.1, -0.05) is 6.42 Å². The Morgan fingerprint density at radius 1 is 0.852 bits per heavy atom. The second kappa shape index (κ2) is 10.8. The predicted octanol–water partition coefficient (Wildman–Crippen LogP) is 5.46. The third-order valence-corrected chi connectivity index (χ3v) is 8.13. The van der Waals surface area contributed by atoms with Gasteiger partial charge in [0.2, 0.25) is 0 Å². The van der Waals surface area contributed by atoms with Gasteiger partial charge in [-0.2, -0.15) is 0 Å². The maximum absolute atomic E-state index is 6.24. The predicted molar refractivity (Wildman–Crippen MR) is 114 cm³/mol. The SMILES string of the molecule is C1CCN(CCOC2CCC3(CCC(CC[C@H]4CCOC4)CC3)CC2)C1.Cl. The van der Waals surface area contributed by atoms with Gasteiger partial charge in [0.1, 0.15) is 0 Å². The van der Waals surface area contributed by atoms with Gasteiger partial charge in [0, 0.05) is 19.8 Å². The van der Waals surface area contributed by atoms with Crippen LogP contribution in [0.3, 0.4) is 0 Å². The van der Waals surface area contributed by atoms with E-state index in [0.717, 1.165) is 38.2 Å². The quantitative estimate of drug-likeness (QED) is 0.567. The van der Waals surface area contributed by atoms with Crippen molar-refractivity contribution in [3.8, 4) is 0 Å². The standard InChI is InChI=1S/C23H41NO2.ClH/c1-2-15-24(14-1)16-18-26-22-7-12-23(13-8-22)10-5-20(6-11-23)3-4-21-9-17-25-19-21;/h20-22H,1-19H2;1H/t20?,21-,22?,23?;/m0./s1. The van der Waals surface area contributed by atoms with Crippen molar-refractivity contribution in [2.45, 2.75) is 89.6 Å². The number of ether oxygens (including phenoxy) is 2. The fourth-order valence-electron chi connectivity index (χ4n) is 6.09. The fraction of sp³-hybridized carbons (Fsp3) is 1.00. The fourth-order valence-corrected chi connectivity index (χ4v) is 6.09. The second-order valence-corrected chi connectivity index (χ2v) is 9.87. The van der Waals surface area contributed by atoms with Crippen LogP contribution in [0.2, 0.25) is 0 Å². The Kier molecular flexibility index (Phi) is 8.75. The van der Waals surface area contributed by atoms with Crippen molar-refractivity contribution in [3.05, 3.63) is 0 Å². The maximum atomic E-state index is 6.24. The van der Waals surface area contributed by atoms with E-state index in [1.165, 1.54) is 96.6 Å². The number of nitrogens with zero attached hydrogens (tertiary/aromatic N) is 1. The average Bonchev–Trinajstić information content (AvgIpc) is 3.37. The summed E-state index contributed by atoms with van der Waals surface area (Å²) in [6.45, 7) is 6.77. The van der Waals surface area contributed by atoms with E-state index in [4.69, 9.17) is 9.47 Å². The Morgan fingerprint density at radius 2 is 1.52 bits per heavy atom. The van der Waals surface area contributed by atoms with E-state index in [0.29, 0.717) is 11.5 Å². The molecule has 0 bridgehead atoms. The number of halogens is 1. The summed E-state index contributed by atoms with van der Waals surface area (Å²) in [5.74, 6) is 1.88.